The molecule has 5 heteroatoms. The predicted octanol–water partition coefficient (Wildman–Crippen LogP) is 3.74. The van der Waals surface area contributed by atoms with E-state index in [1.165, 1.54) is 18.0 Å². The topological polar surface area (TPSA) is 46.5 Å². The monoisotopic (exact) mass is 284 g/mol. The lowest BCUT2D eigenvalue weighted by atomic mass is 10.1. The first-order valence-electron chi connectivity index (χ1n) is 6.89. The Morgan fingerprint density at radius 1 is 1.29 bits per heavy atom. The van der Waals surface area contributed by atoms with Crippen molar-refractivity contribution >= 4 is 0 Å². The van der Waals surface area contributed by atoms with E-state index >= 15 is 0 Å². The Kier molecular flexibility index (Phi) is 3.33. The number of nitrogens with zero attached hydrogens (tertiary/aromatic N) is 3. The van der Waals surface area contributed by atoms with Gasteiger partial charge in [-0.05, 0) is 24.1 Å². The number of pyridine rings is 1. The number of aryl methyl sites for hydroxylation is 1. The van der Waals surface area contributed by atoms with Gasteiger partial charge < -0.3 is 4.98 Å². The first kappa shape index (κ1) is 13.5. The summed E-state index contributed by atoms with van der Waals surface area (Å²) in [5.74, 6) is 0.0859. The lowest BCUT2D eigenvalue weighted by molar-refractivity contribution is 0.621. The van der Waals surface area contributed by atoms with E-state index in [9.17, 15) is 4.39 Å². The minimum absolute atomic E-state index is 0.347. The Morgan fingerprint density at radius 2 is 2.10 bits per heavy atom. The first-order valence-corrected chi connectivity index (χ1v) is 6.89. The van der Waals surface area contributed by atoms with Crippen LogP contribution in [0.4, 0.5) is 4.39 Å². The second-order valence-electron chi connectivity index (χ2n) is 5.43. The molecule has 0 amide bonds. The molecule has 3 aromatic rings. The highest BCUT2D eigenvalue weighted by atomic mass is 19.1. The number of aromatic amines is 1. The van der Waals surface area contributed by atoms with Crippen LogP contribution < -0.4 is 0 Å². The van der Waals surface area contributed by atoms with E-state index in [4.69, 9.17) is 0 Å². The van der Waals surface area contributed by atoms with E-state index in [2.05, 4.69) is 35.0 Å². The average Bonchev–Trinajstić information content (AvgIpc) is 3.06. The number of halogens is 1. The summed E-state index contributed by atoms with van der Waals surface area (Å²) in [5, 5.41) is 4.46. The van der Waals surface area contributed by atoms with Crippen LogP contribution in [0.5, 0.6) is 0 Å². The first-order chi connectivity index (χ1) is 10.0. The molecule has 0 aliphatic carbocycles. The van der Waals surface area contributed by atoms with Gasteiger partial charge in [-0.15, -0.1) is 0 Å². The number of nitrogens with one attached hydrogen (secondary N) is 1. The summed E-state index contributed by atoms with van der Waals surface area (Å²) < 4.78 is 14.8. The fourth-order valence-corrected chi connectivity index (χ4v) is 2.31. The van der Waals surface area contributed by atoms with Crippen molar-refractivity contribution < 1.29 is 4.39 Å². The van der Waals surface area contributed by atoms with Crippen LogP contribution >= 0.6 is 0 Å². The van der Waals surface area contributed by atoms with E-state index in [0.29, 0.717) is 11.6 Å². The van der Waals surface area contributed by atoms with Crippen molar-refractivity contribution in [2.24, 2.45) is 7.05 Å². The molecule has 108 valence electrons. The van der Waals surface area contributed by atoms with Crippen LogP contribution in [0.25, 0.3) is 22.5 Å². The van der Waals surface area contributed by atoms with E-state index < -0.39 is 0 Å². The molecule has 0 fully saturated rings. The quantitative estimate of drug-likeness (QED) is 0.796. The van der Waals surface area contributed by atoms with Gasteiger partial charge in [0.1, 0.15) is 11.5 Å². The lowest BCUT2D eigenvalue weighted by Crippen LogP contribution is -1.90. The Hall–Kier alpha value is -2.43. The maximum atomic E-state index is 13.0. The predicted molar refractivity (Wildman–Crippen MR) is 80.3 cm³/mol. The molecule has 3 aromatic heterocycles. The van der Waals surface area contributed by atoms with Gasteiger partial charge in [-0.2, -0.15) is 5.10 Å². The van der Waals surface area contributed by atoms with Gasteiger partial charge in [0.15, 0.2) is 0 Å². The van der Waals surface area contributed by atoms with Crippen LogP contribution in [0.2, 0.25) is 0 Å². The molecule has 3 rings (SSSR count). The fraction of sp³-hybridized carbons (Fsp3) is 0.250. The highest BCUT2D eigenvalue weighted by molar-refractivity contribution is 5.78. The van der Waals surface area contributed by atoms with Crippen molar-refractivity contribution in [2.45, 2.75) is 19.8 Å². The second kappa shape index (κ2) is 5.16. The molecular formula is C16H17FN4. The number of hydrogen-bond donors (Lipinski definition) is 1. The second-order valence-corrected chi connectivity index (χ2v) is 5.43. The molecule has 0 aliphatic rings. The van der Waals surface area contributed by atoms with Crippen LogP contribution in [0.1, 0.15) is 25.5 Å². The smallest absolute Gasteiger partial charge is 0.141 e. The molecule has 0 aliphatic heterocycles. The molecule has 0 atom stereocenters. The molecule has 3 heterocycles. The summed E-state index contributed by atoms with van der Waals surface area (Å²) in [6.45, 7) is 4.28. The van der Waals surface area contributed by atoms with Crippen molar-refractivity contribution in [3.63, 3.8) is 0 Å². The summed E-state index contributed by atoms with van der Waals surface area (Å²) in [6, 6.07) is 5.17. The number of rotatable bonds is 3. The maximum Gasteiger partial charge on any atom is 0.141 e. The van der Waals surface area contributed by atoms with Crippen molar-refractivity contribution in [3.8, 4) is 22.5 Å². The summed E-state index contributed by atoms with van der Waals surface area (Å²) in [5.41, 5.74) is 4.64. The summed E-state index contributed by atoms with van der Waals surface area (Å²) in [7, 11) is 1.87. The summed E-state index contributed by atoms with van der Waals surface area (Å²) in [6.07, 6.45) is 5.14. The number of hydrogen-bond acceptors (Lipinski definition) is 2. The molecular weight excluding hydrogens is 267 g/mol. The van der Waals surface area contributed by atoms with Gasteiger partial charge in [-0.1, -0.05) is 13.8 Å². The van der Waals surface area contributed by atoms with Crippen LogP contribution in [0.15, 0.2) is 36.8 Å². The summed E-state index contributed by atoms with van der Waals surface area (Å²) in [4.78, 5) is 7.41. The third-order valence-electron chi connectivity index (χ3n) is 3.44. The third kappa shape index (κ3) is 2.59. The minimum atomic E-state index is -0.347. The Labute approximate surface area is 122 Å². The van der Waals surface area contributed by atoms with Crippen molar-refractivity contribution in [1.82, 2.24) is 19.7 Å². The van der Waals surface area contributed by atoms with E-state index in [1.54, 1.807) is 10.7 Å². The zero-order valence-electron chi connectivity index (χ0n) is 12.3. The molecule has 4 nitrogen and oxygen atoms in total. The molecule has 21 heavy (non-hydrogen) atoms. The number of aromatic nitrogens is 4. The zero-order valence-corrected chi connectivity index (χ0v) is 12.3. The fourth-order valence-electron chi connectivity index (χ4n) is 2.31. The third-order valence-corrected chi connectivity index (χ3v) is 3.44. The molecule has 0 radical (unpaired) electrons. The van der Waals surface area contributed by atoms with Crippen LogP contribution in [0.3, 0.4) is 0 Å². The van der Waals surface area contributed by atoms with Crippen molar-refractivity contribution in [2.75, 3.05) is 0 Å². The van der Waals surface area contributed by atoms with Crippen LogP contribution in [0, 0.1) is 5.82 Å². The normalized spacial score (nSPS) is 11.3. The van der Waals surface area contributed by atoms with E-state index in [0.717, 1.165) is 16.8 Å². The van der Waals surface area contributed by atoms with Gasteiger partial charge in [-0.25, -0.2) is 4.39 Å². The van der Waals surface area contributed by atoms with Crippen molar-refractivity contribution in [3.05, 3.63) is 48.3 Å². The van der Waals surface area contributed by atoms with E-state index in [-0.39, 0.29) is 5.82 Å². The van der Waals surface area contributed by atoms with Gasteiger partial charge >= 0.3 is 0 Å². The van der Waals surface area contributed by atoms with Gasteiger partial charge in [0.2, 0.25) is 0 Å². The molecule has 0 bridgehead atoms. The molecule has 0 aromatic carbocycles. The molecule has 0 spiro atoms. The van der Waals surface area contributed by atoms with E-state index in [1.807, 2.05) is 19.4 Å². The standard InChI is InChI=1S/C16H17FN4/c1-10(2)15-6-11(7-18-15)13-9-21(3)20-16(13)14-5-4-12(17)8-19-14/h4-10,18H,1-3H3. The van der Waals surface area contributed by atoms with Gasteiger partial charge in [0, 0.05) is 36.3 Å². The van der Waals surface area contributed by atoms with Gasteiger partial charge in [0.25, 0.3) is 0 Å². The Morgan fingerprint density at radius 3 is 2.71 bits per heavy atom. The van der Waals surface area contributed by atoms with Crippen molar-refractivity contribution in [1.29, 1.82) is 0 Å². The molecule has 1 N–H and O–H groups in total. The summed E-state index contributed by atoms with van der Waals surface area (Å²) >= 11 is 0. The minimum Gasteiger partial charge on any atom is -0.364 e. The number of H-pyrrole nitrogens is 1. The molecule has 0 saturated carbocycles. The molecule has 0 saturated heterocycles. The Balaban J connectivity index is 2.08. The van der Waals surface area contributed by atoms with Crippen LogP contribution in [-0.4, -0.2) is 19.7 Å². The average molecular weight is 284 g/mol. The highest BCUT2D eigenvalue weighted by Gasteiger charge is 2.15. The van der Waals surface area contributed by atoms with Gasteiger partial charge in [-0.3, -0.25) is 9.67 Å². The largest absolute Gasteiger partial charge is 0.364 e. The van der Waals surface area contributed by atoms with Gasteiger partial charge in [0.05, 0.1) is 11.9 Å². The zero-order chi connectivity index (χ0) is 15.0. The maximum absolute atomic E-state index is 13.0. The Bertz CT molecular complexity index is 753. The highest BCUT2D eigenvalue weighted by Crippen LogP contribution is 2.31. The van der Waals surface area contributed by atoms with Crippen LogP contribution in [-0.2, 0) is 7.05 Å². The molecule has 0 unspecified atom stereocenters. The SMILES string of the molecule is CC(C)c1cc(-c2cn(C)nc2-c2ccc(F)cn2)c[nH]1. The lowest BCUT2D eigenvalue weighted by Gasteiger charge is -2.00.